The molecule has 0 atom stereocenters. The van der Waals surface area contributed by atoms with Crippen molar-refractivity contribution in [3.05, 3.63) is 48.4 Å². The smallest absolute Gasteiger partial charge is 0.128 e. The molecule has 4 nitrogen and oxygen atoms in total. The van der Waals surface area contributed by atoms with Crippen LogP contribution in [0.2, 0.25) is 0 Å². The summed E-state index contributed by atoms with van der Waals surface area (Å²) in [7, 11) is 0. The number of nitrogens with zero attached hydrogens (tertiary/aromatic N) is 3. The van der Waals surface area contributed by atoms with E-state index in [1.54, 1.807) is 0 Å². The van der Waals surface area contributed by atoms with E-state index in [2.05, 4.69) is 39.2 Å². The number of pyridine rings is 1. The molecule has 0 radical (unpaired) electrons. The van der Waals surface area contributed by atoms with Crippen molar-refractivity contribution in [2.24, 2.45) is 0 Å². The Hall–Kier alpha value is -2.30. The normalized spacial score (nSPS) is 15.0. The van der Waals surface area contributed by atoms with Crippen molar-refractivity contribution in [3.8, 4) is 0 Å². The van der Waals surface area contributed by atoms with Crippen molar-refractivity contribution in [3.63, 3.8) is 0 Å². The van der Waals surface area contributed by atoms with Crippen LogP contribution in [-0.2, 0) is 0 Å². The molecular formula is C17H21FN4. The minimum atomic E-state index is -0.188. The Kier molecular flexibility index (Phi) is 4.42. The molecule has 0 unspecified atom stereocenters. The molecule has 0 saturated carbocycles. The predicted molar refractivity (Wildman–Crippen MR) is 89.2 cm³/mol. The monoisotopic (exact) mass is 300 g/mol. The third-order valence-electron chi connectivity index (χ3n) is 3.92. The molecule has 1 aliphatic rings. The van der Waals surface area contributed by atoms with E-state index >= 15 is 0 Å². The van der Waals surface area contributed by atoms with Gasteiger partial charge in [0.05, 0.1) is 11.9 Å². The summed E-state index contributed by atoms with van der Waals surface area (Å²) in [6, 6.07) is 10.8. The van der Waals surface area contributed by atoms with E-state index in [0.717, 1.165) is 49.9 Å². The fraction of sp³-hybridized carbons (Fsp3) is 0.353. The second-order valence-electron chi connectivity index (χ2n) is 5.39. The van der Waals surface area contributed by atoms with E-state index < -0.39 is 0 Å². The molecule has 0 amide bonds. The predicted octanol–water partition coefficient (Wildman–Crippen LogP) is 2.98. The van der Waals surface area contributed by atoms with Crippen LogP contribution in [0.5, 0.6) is 0 Å². The summed E-state index contributed by atoms with van der Waals surface area (Å²) in [5.41, 5.74) is 2.13. The summed E-state index contributed by atoms with van der Waals surface area (Å²) in [5.74, 6) is 0.827. The number of hydrogen-bond donors (Lipinski definition) is 1. The summed E-state index contributed by atoms with van der Waals surface area (Å²) in [6.07, 6.45) is 1.88. The Morgan fingerprint density at radius 1 is 1.00 bits per heavy atom. The van der Waals surface area contributed by atoms with Gasteiger partial charge in [-0.25, -0.2) is 9.37 Å². The van der Waals surface area contributed by atoms with Gasteiger partial charge >= 0.3 is 0 Å². The second-order valence-corrected chi connectivity index (χ2v) is 5.39. The Labute approximate surface area is 130 Å². The van der Waals surface area contributed by atoms with Crippen LogP contribution >= 0.6 is 0 Å². The Bertz CT molecular complexity index is 589. The van der Waals surface area contributed by atoms with E-state index in [1.165, 1.54) is 12.1 Å². The van der Waals surface area contributed by atoms with Crippen molar-refractivity contribution in [2.75, 3.05) is 47.8 Å². The average molecular weight is 300 g/mol. The number of hydrogen-bond acceptors (Lipinski definition) is 4. The Morgan fingerprint density at radius 2 is 1.68 bits per heavy atom. The number of anilines is 3. The van der Waals surface area contributed by atoms with E-state index in [0.29, 0.717) is 0 Å². The van der Waals surface area contributed by atoms with E-state index in [-0.39, 0.29) is 5.82 Å². The molecule has 1 aliphatic heterocycles. The Morgan fingerprint density at radius 3 is 2.27 bits per heavy atom. The summed E-state index contributed by atoms with van der Waals surface area (Å²) >= 11 is 0. The molecule has 116 valence electrons. The van der Waals surface area contributed by atoms with E-state index in [9.17, 15) is 4.39 Å². The van der Waals surface area contributed by atoms with Gasteiger partial charge in [0.1, 0.15) is 11.6 Å². The van der Waals surface area contributed by atoms with Gasteiger partial charge in [-0.2, -0.15) is 0 Å². The number of aromatic nitrogens is 1. The standard InChI is InChI=1S/C17H21FN4/c1-2-19-15-5-8-17(20-13-15)22-11-9-21(10-12-22)16-6-3-14(18)4-7-16/h3-8,13,19H,2,9-12H2,1H3. The minimum absolute atomic E-state index is 0.188. The largest absolute Gasteiger partial charge is 0.384 e. The highest BCUT2D eigenvalue weighted by Gasteiger charge is 2.18. The molecule has 1 aromatic carbocycles. The number of rotatable bonds is 4. The maximum absolute atomic E-state index is 13.0. The number of nitrogens with one attached hydrogen (secondary N) is 1. The molecule has 1 N–H and O–H groups in total. The molecule has 2 heterocycles. The maximum Gasteiger partial charge on any atom is 0.128 e. The molecular weight excluding hydrogens is 279 g/mol. The van der Waals surface area contributed by atoms with Crippen molar-refractivity contribution in [1.82, 2.24) is 4.98 Å². The number of halogens is 1. The van der Waals surface area contributed by atoms with Gasteiger partial charge in [0, 0.05) is 38.4 Å². The molecule has 0 bridgehead atoms. The molecule has 1 saturated heterocycles. The van der Waals surface area contributed by atoms with Crippen LogP contribution < -0.4 is 15.1 Å². The summed E-state index contributed by atoms with van der Waals surface area (Å²) in [4.78, 5) is 9.09. The third-order valence-corrected chi connectivity index (χ3v) is 3.92. The molecule has 5 heteroatoms. The summed E-state index contributed by atoms with van der Waals surface area (Å²) in [6.45, 7) is 6.65. The topological polar surface area (TPSA) is 31.4 Å². The fourth-order valence-corrected chi connectivity index (χ4v) is 2.73. The molecule has 1 aromatic heterocycles. The van der Waals surface area contributed by atoms with Crippen molar-refractivity contribution in [1.29, 1.82) is 0 Å². The van der Waals surface area contributed by atoms with Crippen molar-refractivity contribution >= 4 is 17.2 Å². The maximum atomic E-state index is 13.0. The van der Waals surface area contributed by atoms with E-state index in [1.807, 2.05) is 18.3 Å². The first kappa shape index (κ1) is 14.6. The van der Waals surface area contributed by atoms with Crippen LogP contribution in [0.4, 0.5) is 21.6 Å². The zero-order valence-electron chi connectivity index (χ0n) is 12.8. The van der Waals surface area contributed by atoms with Gasteiger partial charge in [0.25, 0.3) is 0 Å². The number of piperazine rings is 1. The van der Waals surface area contributed by atoms with Gasteiger partial charge in [-0.1, -0.05) is 0 Å². The van der Waals surface area contributed by atoms with Crippen molar-refractivity contribution in [2.45, 2.75) is 6.92 Å². The summed E-state index contributed by atoms with van der Waals surface area (Å²) in [5, 5.41) is 3.25. The Balaban J connectivity index is 1.60. The summed E-state index contributed by atoms with van der Waals surface area (Å²) < 4.78 is 13.0. The van der Waals surface area contributed by atoms with Gasteiger partial charge in [-0.15, -0.1) is 0 Å². The molecule has 0 spiro atoms. The lowest BCUT2D eigenvalue weighted by Crippen LogP contribution is -2.46. The zero-order chi connectivity index (χ0) is 15.4. The zero-order valence-corrected chi connectivity index (χ0v) is 12.8. The molecule has 3 rings (SSSR count). The highest BCUT2D eigenvalue weighted by molar-refractivity contribution is 5.51. The average Bonchev–Trinajstić information content (AvgIpc) is 2.57. The van der Waals surface area contributed by atoms with Gasteiger partial charge < -0.3 is 15.1 Å². The molecule has 2 aromatic rings. The van der Waals surface area contributed by atoms with Crippen LogP contribution in [0.3, 0.4) is 0 Å². The first-order chi connectivity index (χ1) is 10.8. The van der Waals surface area contributed by atoms with Crippen molar-refractivity contribution < 1.29 is 4.39 Å². The molecule has 22 heavy (non-hydrogen) atoms. The lowest BCUT2D eigenvalue weighted by Gasteiger charge is -2.36. The van der Waals surface area contributed by atoms with Crippen LogP contribution in [0.1, 0.15) is 6.92 Å². The highest BCUT2D eigenvalue weighted by Crippen LogP contribution is 2.20. The van der Waals surface area contributed by atoms with Gasteiger partial charge in [0.15, 0.2) is 0 Å². The van der Waals surface area contributed by atoms with Crippen LogP contribution in [0.25, 0.3) is 0 Å². The van der Waals surface area contributed by atoms with E-state index in [4.69, 9.17) is 0 Å². The molecule has 0 aliphatic carbocycles. The molecule has 1 fully saturated rings. The van der Waals surface area contributed by atoms with Gasteiger partial charge in [-0.05, 0) is 43.3 Å². The van der Waals surface area contributed by atoms with Crippen LogP contribution in [-0.4, -0.2) is 37.7 Å². The minimum Gasteiger partial charge on any atom is -0.384 e. The second kappa shape index (κ2) is 6.64. The van der Waals surface area contributed by atoms with Gasteiger partial charge in [0.2, 0.25) is 0 Å². The highest BCUT2D eigenvalue weighted by atomic mass is 19.1. The SMILES string of the molecule is CCNc1ccc(N2CCN(c3ccc(F)cc3)CC2)nc1. The fourth-order valence-electron chi connectivity index (χ4n) is 2.73. The number of benzene rings is 1. The third kappa shape index (κ3) is 3.30. The first-order valence-electron chi connectivity index (χ1n) is 7.71. The van der Waals surface area contributed by atoms with Crippen LogP contribution in [0.15, 0.2) is 42.6 Å². The quantitative estimate of drug-likeness (QED) is 0.940. The van der Waals surface area contributed by atoms with Crippen LogP contribution in [0, 0.1) is 5.82 Å². The van der Waals surface area contributed by atoms with Gasteiger partial charge in [-0.3, -0.25) is 0 Å². The lowest BCUT2D eigenvalue weighted by atomic mass is 10.2. The first-order valence-corrected chi connectivity index (χ1v) is 7.71. The lowest BCUT2D eigenvalue weighted by molar-refractivity contribution is 0.624.